The summed E-state index contributed by atoms with van der Waals surface area (Å²) in [6.07, 6.45) is 0. The minimum Gasteiger partial charge on any atom is -0.496 e. The molecule has 0 aliphatic carbocycles. The number of hydrogen-bond donors (Lipinski definition) is 1. The lowest BCUT2D eigenvalue weighted by Gasteiger charge is -2.11. The fourth-order valence-electron chi connectivity index (χ4n) is 2.09. The Morgan fingerprint density at radius 2 is 2.05 bits per heavy atom. The number of halogens is 1. The van der Waals surface area contributed by atoms with Gasteiger partial charge < -0.3 is 10.1 Å². The summed E-state index contributed by atoms with van der Waals surface area (Å²) in [4.78, 5) is 0.811. The van der Waals surface area contributed by atoms with E-state index < -0.39 is 10.8 Å². The molecule has 21 heavy (non-hydrogen) atoms. The van der Waals surface area contributed by atoms with Gasteiger partial charge in [0.2, 0.25) is 0 Å². The molecule has 1 N–H and O–H groups in total. The highest BCUT2D eigenvalue weighted by Gasteiger charge is 2.11. The van der Waals surface area contributed by atoms with Crippen LogP contribution in [0.5, 0.6) is 5.75 Å². The third kappa shape index (κ3) is 4.40. The molecule has 0 amide bonds. The first-order valence-corrected chi connectivity index (χ1v) is 8.69. The molecule has 0 bridgehead atoms. The molecule has 0 saturated carbocycles. The van der Waals surface area contributed by atoms with E-state index in [-0.39, 0.29) is 0 Å². The van der Waals surface area contributed by atoms with Gasteiger partial charge in [0.1, 0.15) is 5.75 Å². The van der Waals surface area contributed by atoms with Crippen LogP contribution in [0.3, 0.4) is 0 Å². The number of ether oxygens (including phenoxy) is 1. The number of rotatable bonds is 6. The lowest BCUT2D eigenvalue weighted by atomic mass is 10.1. The highest BCUT2D eigenvalue weighted by atomic mass is 79.9. The molecule has 0 aliphatic heterocycles. The first-order valence-electron chi connectivity index (χ1n) is 6.58. The van der Waals surface area contributed by atoms with Crippen LogP contribution in [-0.2, 0) is 23.1 Å². The zero-order chi connectivity index (χ0) is 15.2. The normalized spacial score (nSPS) is 12.1. The Morgan fingerprint density at radius 3 is 2.71 bits per heavy atom. The fourth-order valence-corrected chi connectivity index (χ4v) is 3.81. The second-order valence-corrected chi connectivity index (χ2v) is 6.99. The Balaban J connectivity index is 2.25. The highest BCUT2D eigenvalue weighted by molar-refractivity contribution is 9.10. The van der Waals surface area contributed by atoms with Crippen LogP contribution in [0.25, 0.3) is 0 Å². The summed E-state index contributed by atoms with van der Waals surface area (Å²) in [5, 5.41) is 3.12. The summed E-state index contributed by atoms with van der Waals surface area (Å²) in [7, 11) is 2.44. The molecule has 0 spiro atoms. The summed E-state index contributed by atoms with van der Waals surface area (Å²) >= 11 is 3.41. The SMILES string of the molecule is CNCc1ccc(OC)c(CS(=O)c2cccc(Br)c2)c1. The van der Waals surface area contributed by atoms with Crippen molar-refractivity contribution in [2.75, 3.05) is 14.2 Å². The van der Waals surface area contributed by atoms with Crippen molar-refractivity contribution in [2.45, 2.75) is 17.2 Å². The molecule has 0 heterocycles. The predicted octanol–water partition coefficient (Wildman–Crippen LogP) is 3.48. The second kappa shape index (κ2) is 7.73. The molecule has 3 nitrogen and oxygen atoms in total. The van der Waals surface area contributed by atoms with E-state index in [2.05, 4.69) is 21.2 Å². The van der Waals surface area contributed by atoms with E-state index >= 15 is 0 Å². The van der Waals surface area contributed by atoms with Gasteiger partial charge in [-0.1, -0.05) is 28.1 Å². The number of benzene rings is 2. The van der Waals surface area contributed by atoms with E-state index in [1.807, 2.05) is 49.5 Å². The Bertz CT molecular complexity index is 646. The average Bonchev–Trinajstić information content (AvgIpc) is 2.48. The van der Waals surface area contributed by atoms with Crippen molar-refractivity contribution in [3.8, 4) is 5.75 Å². The van der Waals surface area contributed by atoms with Gasteiger partial charge in [-0.2, -0.15) is 0 Å². The summed E-state index contributed by atoms with van der Waals surface area (Å²) in [6, 6.07) is 13.6. The first kappa shape index (κ1) is 16.2. The van der Waals surface area contributed by atoms with Crippen LogP contribution in [0.15, 0.2) is 51.8 Å². The number of hydrogen-bond acceptors (Lipinski definition) is 3. The third-order valence-corrected chi connectivity index (χ3v) is 4.92. The molecule has 5 heteroatoms. The predicted molar refractivity (Wildman–Crippen MR) is 90.0 cm³/mol. The zero-order valence-corrected chi connectivity index (χ0v) is 14.5. The van der Waals surface area contributed by atoms with Gasteiger partial charge in [0, 0.05) is 21.5 Å². The van der Waals surface area contributed by atoms with Crippen LogP contribution in [0.4, 0.5) is 0 Å². The van der Waals surface area contributed by atoms with Gasteiger partial charge in [-0.3, -0.25) is 4.21 Å². The smallest absolute Gasteiger partial charge is 0.123 e. The van der Waals surface area contributed by atoms with Crippen LogP contribution in [-0.4, -0.2) is 18.4 Å². The minimum atomic E-state index is -1.10. The van der Waals surface area contributed by atoms with E-state index in [0.29, 0.717) is 5.75 Å². The maximum absolute atomic E-state index is 12.5. The van der Waals surface area contributed by atoms with Crippen molar-refractivity contribution in [1.29, 1.82) is 0 Å². The van der Waals surface area contributed by atoms with Gasteiger partial charge in [0.05, 0.1) is 23.7 Å². The van der Waals surface area contributed by atoms with Crippen LogP contribution < -0.4 is 10.1 Å². The molecule has 0 aliphatic rings. The number of methoxy groups -OCH3 is 1. The van der Waals surface area contributed by atoms with Gasteiger partial charge in [-0.25, -0.2) is 0 Å². The second-order valence-electron chi connectivity index (χ2n) is 4.62. The van der Waals surface area contributed by atoms with Crippen molar-refractivity contribution in [2.24, 2.45) is 0 Å². The van der Waals surface area contributed by atoms with Crippen LogP contribution in [0.2, 0.25) is 0 Å². The quantitative estimate of drug-likeness (QED) is 0.849. The van der Waals surface area contributed by atoms with E-state index in [1.165, 1.54) is 0 Å². The van der Waals surface area contributed by atoms with E-state index in [9.17, 15) is 4.21 Å². The van der Waals surface area contributed by atoms with E-state index in [4.69, 9.17) is 4.74 Å². The van der Waals surface area contributed by atoms with E-state index in [0.717, 1.165) is 32.8 Å². The Labute approximate surface area is 136 Å². The lowest BCUT2D eigenvalue weighted by Crippen LogP contribution is -2.06. The van der Waals surface area contributed by atoms with E-state index in [1.54, 1.807) is 7.11 Å². The summed E-state index contributed by atoms with van der Waals surface area (Å²) in [6.45, 7) is 0.778. The molecular weight excluding hydrogens is 350 g/mol. The molecule has 112 valence electrons. The maximum Gasteiger partial charge on any atom is 0.123 e. The summed E-state index contributed by atoms with van der Waals surface area (Å²) in [5.74, 6) is 1.22. The molecular formula is C16H18BrNO2S. The van der Waals surface area contributed by atoms with Crippen molar-refractivity contribution < 1.29 is 8.95 Å². The summed E-state index contributed by atoms with van der Waals surface area (Å²) in [5.41, 5.74) is 2.11. The minimum absolute atomic E-state index is 0.442. The maximum atomic E-state index is 12.5. The largest absolute Gasteiger partial charge is 0.496 e. The highest BCUT2D eigenvalue weighted by Crippen LogP contribution is 2.24. The monoisotopic (exact) mass is 367 g/mol. The van der Waals surface area contributed by atoms with Gasteiger partial charge >= 0.3 is 0 Å². The summed E-state index contributed by atoms with van der Waals surface area (Å²) < 4.78 is 18.8. The molecule has 2 aromatic carbocycles. The van der Waals surface area contributed by atoms with Gasteiger partial charge in [0.25, 0.3) is 0 Å². The molecule has 0 aromatic heterocycles. The molecule has 2 aromatic rings. The molecule has 1 unspecified atom stereocenters. The average molecular weight is 368 g/mol. The zero-order valence-electron chi connectivity index (χ0n) is 12.1. The van der Waals surface area contributed by atoms with Crippen molar-refractivity contribution in [3.63, 3.8) is 0 Å². The standard InChI is InChI=1S/C16H18BrNO2S/c1-18-10-12-6-7-16(20-2)13(8-12)11-21(19)15-5-3-4-14(17)9-15/h3-9,18H,10-11H2,1-2H3. The lowest BCUT2D eigenvalue weighted by molar-refractivity contribution is 0.411. The Kier molecular flexibility index (Phi) is 5.96. The van der Waals surface area contributed by atoms with Crippen LogP contribution in [0, 0.1) is 0 Å². The molecule has 1 atom stereocenters. The number of nitrogens with one attached hydrogen (secondary N) is 1. The van der Waals surface area contributed by atoms with Gasteiger partial charge in [-0.15, -0.1) is 0 Å². The van der Waals surface area contributed by atoms with Crippen molar-refractivity contribution in [3.05, 3.63) is 58.1 Å². The van der Waals surface area contributed by atoms with Gasteiger partial charge in [0.15, 0.2) is 0 Å². The Hall–Kier alpha value is -1.17. The van der Waals surface area contributed by atoms with Crippen molar-refractivity contribution in [1.82, 2.24) is 5.32 Å². The fraction of sp³-hybridized carbons (Fsp3) is 0.250. The first-order chi connectivity index (χ1) is 10.1. The third-order valence-electron chi connectivity index (χ3n) is 3.07. The van der Waals surface area contributed by atoms with Crippen LogP contribution >= 0.6 is 15.9 Å². The van der Waals surface area contributed by atoms with Gasteiger partial charge in [-0.05, 0) is 42.9 Å². The molecule has 0 fully saturated rings. The molecule has 0 saturated heterocycles. The molecule has 2 rings (SSSR count). The topological polar surface area (TPSA) is 38.3 Å². The van der Waals surface area contributed by atoms with Crippen LogP contribution in [0.1, 0.15) is 11.1 Å². The van der Waals surface area contributed by atoms with Crippen molar-refractivity contribution >= 4 is 26.7 Å². The molecule has 0 radical (unpaired) electrons. The Morgan fingerprint density at radius 1 is 1.24 bits per heavy atom.